The Kier molecular flexibility index (Phi) is 4.94. The number of fused-ring (bicyclic) bond motifs is 1. The smallest absolute Gasteiger partial charge is 0.264 e. The minimum atomic E-state index is -0.272. The van der Waals surface area contributed by atoms with Gasteiger partial charge in [0, 0.05) is 10.0 Å². The van der Waals surface area contributed by atoms with Crippen LogP contribution in [-0.4, -0.2) is 17.5 Å². The normalized spacial score (nSPS) is 10.8. The Morgan fingerprint density at radius 2 is 2.00 bits per heavy atom. The lowest BCUT2D eigenvalue weighted by molar-refractivity contribution is -0.118. The van der Waals surface area contributed by atoms with Crippen LogP contribution in [0.2, 0.25) is 10.0 Å². The first-order valence-corrected chi connectivity index (χ1v) is 8.75. The van der Waals surface area contributed by atoms with Crippen LogP contribution in [0.1, 0.15) is 11.1 Å². The summed E-state index contributed by atoms with van der Waals surface area (Å²) in [5, 5.41) is 4.56. The zero-order valence-corrected chi connectivity index (χ0v) is 15.4. The molecule has 0 aliphatic heterocycles. The Morgan fingerprint density at radius 1 is 1.21 bits per heavy atom. The number of ether oxygens (including phenoxy) is 1. The Morgan fingerprint density at radius 3 is 2.75 bits per heavy atom. The Balaban J connectivity index is 1.66. The van der Waals surface area contributed by atoms with Crippen LogP contribution in [-0.2, 0) is 4.79 Å². The van der Waals surface area contributed by atoms with E-state index >= 15 is 0 Å². The van der Waals surface area contributed by atoms with E-state index in [2.05, 4.69) is 10.3 Å². The number of hydrogen-bond donors (Lipinski definition) is 1. The molecule has 0 atom stereocenters. The third-order valence-corrected chi connectivity index (χ3v) is 4.99. The molecule has 1 aromatic heterocycles. The molecular weight excluding hydrogens is 367 g/mol. The predicted octanol–water partition coefficient (Wildman–Crippen LogP) is 5.24. The van der Waals surface area contributed by atoms with Crippen molar-refractivity contribution in [3.05, 3.63) is 51.5 Å². The first-order chi connectivity index (χ1) is 11.4. The molecule has 0 aliphatic carbocycles. The number of anilines is 1. The van der Waals surface area contributed by atoms with E-state index in [1.165, 1.54) is 11.3 Å². The van der Waals surface area contributed by atoms with Gasteiger partial charge in [-0.05, 0) is 55.3 Å². The van der Waals surface area contributed by atoms with Crippen molar-refractivity contribution in [3.63, 3.8) is 0 Å². The van der Waals surface area contributed by atoms with Gasteiger partial charge < -0.3 is 4.74 Å². The quantitative estimate of drug-likeness (QED) is 0.673. The molecule has 0 fully saturated rings. The van der Waals surface area contributed by atoms with Crippen LogP contribution >= 0.6 is 34.5 Å². The third-order valence-electron chi connectivity index (χ3n) is 3.41. The second kappa shape index (κ2) is 6.97. The van der Waals surface area contributed by atoms with Crippen molar-refractivity contribution in [1.29, 1.82) is 0 Å². The highest BCUT2D eigenvalue weighted by molar-refractivity contribution is 7.22. The summed E-state index contributed by atoms with van der Waals surface area (Å²) >= 11 is 13.4. The van der Waals surface area contributed by atoms with Gasteiger partial charge in [-0.1, -0.05) is 34.5 Å². The number of carbonyl (C=O) groups is 1. The van der Waals surface area contributed by atoms with E-state index in [0.29, 0.717) is 20.9 Å². The SMILES string of the molecule is Cc1cc2sc(NC(=O)COc3ccc(Cl)cc3C)nc2cc1Cl. The fourth-order valence-electron chi connectivity index (χ4n) is 2.18. The molecule has 0 aliphatic rings. The maximum atomic E-state index is 12.1. The number of thiazole rings is 1. The van der Waals surface area contributed by atoms with Crippen molar-refractivity contribution in [2.24, 2.45) is 0 Å². The Labute approximate surface area is 153 Å². The topological polar surface area (TPSA) is 51.2 Å². The lowest BCUT2D eigenvalue weighted by atomic mass is 10.2. The molecular formula is C17H14Cl2N2O2S. The van der Waals surface area contributed by atoms with Gasteiger partial charge in [-0.2, -0.15) is 0 Å². The maximum Gasteiger partial charge on any atom is 0.264 e. The van der Waals surface area contributed by atoms with Crippen LogP contribution in [0.3, 0.4) is 0 Å². The van der Waals surface area contributed by atoms with Crippen molar-refractivity contribution in [3.8, 4) is 5.75 Å². The number of carbonyl (C=O) groups excluding carboxylic acids is 1. The molecule has 7 heteroatoms. The highest BCUT2D eigenvalue weighted by Crippen LogP contribution is 2.30. The van der Waals surface area contributed by atoms with Gasteiger partial charge in [-0.3, -0.25) is 10.1 Å². The number of aryl methyl sites for hydroxylation is 2. The zero-order valence-electron chi connectivity index (χ0n) is 13.0. The Bertz CT molecular complexity index is 885. The minimum absolute atomic E-state index is 0.0990. The van der Waals surface area contributed by atoms with E-state index in [1.54, 1.807) is 24.3 Å². The van der Waals surface area contributed by atoms with Crippen LogP contribution in [0.25, 0.3) is 10.2 Å². The van der Waals surface area contributed by atoms with Crippen LogP contribution < -0.4 is 10.1 Å². The summed E-state index contributed by atoms with van der Waals surface area (Å²) in [6.07, 6.45) is 0. The third kappa shape index (κ3) is 3.80. The summed E-state index contributed by atoms with van der Waals surface area (Å²) in [6.45, 7) is 3.71. The molecule has 3 rings (SSSR count). The number of benzene rings is 2. The molecule has 0 spiro atoms. The molecule has 3 aromatic rings. The van der Waals surface area contributed by atoms with Crippen molar-refractivity contribution >= 4 is 55.8 Å². The highest BCUT2D eigenvalue weighted by Gasteiger charge is 2.11. The first-order valence-electron chi connectivity index (χ1n) is 7.18. The van der Waals surface area contributed by atoms with Gasteiger partial charge in [0.15, 0.2) is 11.7 Å². The number of nitrogens with one attached hydrogen (secondary N) is 1. The maximum absolute atomic E-state index is 12.1. The fourth-order valence-corrected chi connectivity index (χ4v) is 3.52. The zero-order chi connectivity index (χ0) is 17.3. The molecule has 4 nitrogen and oxygen atoms in total. The number of nitrogens with zero attached hydrogens (tertiary/aromatic N) is 1. The summed E-state index contributed by atoms with van der Waals surface area (Å²) in [5.74, 6) is 0.354. The summed E-state index contributed by atoms with van der Waals surface area (Å²) in [6, 6.07) is 9.01. The van der Waals surface area contributed by atoms with Gasteiger partial charge in [0.2, 0.25) is 0 Å². The second-order valence-electron chi connectivity index (χ2n) is 5.33. The van der Waals surface area contributed by atoms with E-state index in [-0.39, 0.29) is 12.5 Å². The summed E-state index contributed by atoms with van der Waals surface area (Å²) in [7, 11) is 0. The standard InChI is InChI=1S/C17H14Cl2N2O2S/c1-9-6-15-13(7-12(9)19)20-17(24-15)21-16(22)8-23-14-4-3-11(18)5-10(14)2/h3-7H,8H2,1-2H3,(H,20,21,22). The summed E-state index contributed by atoms with van der Waals surface area (Å²) in [5.41, 5.74) is 2.62. The van der Waals surface area contributed by atoms with Crippen molar-refractivity contribution < 1.29 is 9.53 Å². The number of halogens is 2. The minimum Gasteiger partial charge on any atom is -0.483 e. The number of rotatable bonds is 4. The monoisotopic (exact) mass is 380 g/mol. The van der Waals surface area contributed by atoms with Gasteiger partial charge >= 0.3 is 0 Å². The fraction of sp³-hybridized carbons (Fsp3) is 0.176. The molecule has 1 N–H and O–H groups in total. The van der Waals surface area contributed by atoms with Crippen LogP contribution in [0.5, 0.6) is 5.75 Å². The van der Waals surface area contributed by atoms with Crippen molar-refractivity contribution in [2.45, 2.75) is 13.8 Å². The van der Waals surface area contributed by atoms with Gasteiger partial charge in [0.1, 0.15) is 5.75 Å². The van der Waals surface area contributed by atoms with Crippen LogP contribution in [0.15, 0.2) is 30.3 Å². The molecule has 0 bridgehead atoms. The molecule has 2 aromatic carbocycles. The van der Waals surface area contributed by atoms with E-state index < -0.39 is 0 Å². The average Bonchev–Trinajstić information content (AvgIpc) is 2.88. The Hall–Kier alpha value is -1.82. The van der Waals surface area contributed by atoms with Crippen LogP contribution in [0.4, 0.5) is 5.13 Å². The van der Waals surface area contributed by atoms with Crippen molar-refractivity contribution in [2.75, 3.05) is 11.9 Å². The lowest BCUT2D eigenvalue weighted by Gasteiger charge is -2.08. The molecule has 1 amide bonds. The van der Waals surface area contributed by atoms with Gasteiger partial charge in [0.05, 0.1) is 10.2 Å². The molecule has 0 unspecified atom stereocenters. The molecule has 0 saturated carbocycles. The summed E-state index contributed by atoms with van der Waals surface area (Å²) < 4.78 is 6.50. The molecule has 0 saturated heterocycles. The molecule has 124 valence electrons. The van der Waals surface area contributed by atoms with E-state index in [9.17, 15) is 4.79 Å². The molecule has 24 heavy (non-hydrogen) atoms. The average molecular weight is 381 g/mol. The number of amides is 1. The van der Waals surface area contributed by atoms with Gasteiger partial charge in [0.25, 0.3) is 5.91 Å². The van der Waals surface area contributed by atoms with Gasteiger partial charge in [-0.15, -0.1) is 0 Å². The molecule has 1 heterocycles. The van der Waals surface area contributed by atoms with E-state index in [4.69, 9.17) is 27.9 Å². The second-order valence-corrected chi connectivity index (χ2v) is 7.21. The van der Waals surface area contributed by atoms with Crippen molar-refractivity contribution in [1.82, 2.24) is 4.98 Å². The summed E-state index contributed by atoms with van der Waals surface area (Å²) in [4.78, 5) is 16.4. The van der Waals surface area contributed by atoms with E-state index in [1.807, 2.05) is 19.9 Å². The van der Waals surface area contributed by atoms with Gasteiger partial charge in [-0.25, -0.2) is 4.98 Å². The lowest BCUT2D eigenvalue weighted by Crippen LogP contribution is -2.20. The largest absolute Gasteiger partial charge is 0.483 e. The number of aromatic nitrogens is 1. The highest BCUT2D eigenvalue weighted by atomic mass is 35.5. The first kappa shape index (κ1) is 17.0. The number of hydrogen-bond acceptors (Lipinski definition) is 4. The molecule has 0 radical (unpaired) electrons. The predicted molar refractivity (Wildman–Crippen MR) is 99.7 cm³/mol. The van der Waals surface area contributed by atoms with Crippen LogP contribution in [0, 0.1) is 13.8 Å². The van der Waals surface area contributed by atoms with E-state index in [0.717, 1.165) is 21.3 Å².